The molecule has 2 heterocycles. The van der Waals surface area contributed by atoms with Gasteiger partial charge in [0.1, 0.15) is 0 Å². The van der Waals surface area contributed by atoms with Crippen molar-refractivity contribution in [1.82, 2.24) is 15.6 Å². The number of hydrogen-bond donors (Lipinski definition) is 2. The second-order valence-electron chi connectivity index (χ2n) is 4.97. The highest BCUT2D eigenvalue weighted by atomic mass is 16.2. The summed E-state index contributed by atoms with van der Waals surface area (Å²) >= 11 is 0. The lowest BCUT2D eigenvalue weighted by Crippen LogP contribution is -2.41. The number of rotatable bonds is 3. The SMILES string of the molecule is CC(NC(=O)C1(C)CCNC1)c1cccnc1. The van der Waals surface area contributed by atoms with Gasteiger partial charge < -0.3 is 10.6 Å². The number of amides is 1. The summed E-state index contributed by atoms with van der Waals surface area (Å²) in [4.78, 5) is 16.2. The van der Waals surface area contributed by atoms with Crippen molar-refractivity contribution in [3.05, 3.63) is 30.1 Å². The zero-order chi connectivity index (χ0) is 12.3. The van der Waals surface area contributed by atoms with Crippen LogP contribution in [0.15, 0.2) is 24.5 Å². The molecule has 4 nitrogen and oxygen atoms in total. The fourth-order valence-electron chi connectivity index (χ4n) is 2.10. The Morgan fingerprint density at radius 1 is 1.65 bits per heavy atom. The first-order valence-corrected chi connectivity index (χ1v) is 6.03. The number of pyridine rings is 1. The maximum atomic E-state index is 12.2. The van der Waals surface area contributed by atoms with Gasteiger partial charge >= 0.3 is 0 Å². The second-order valence-corrected chi connectivity index (χ2v) is 4.97. The minimum Gasteiger partial charge on any atom is -0.349 e. The number of nitrogens with one attached hydrogen (secondary N) is 2. The Labute approximate surface area is 102 Å². The molecule has 92 valence electrons. The van der Waals surface area contributed by atoms with Crippen LogP contribution in [-0.2, 0) is 4.79 Å². The molecule has 2 unspecified atom stereocenters. The van der Waals surface area contributed by atoms with Crippen molar-refractivity contribution in [2.75, 3.05) is 13.1 Å². The fraction of sp³-hybridized carbons (Fsp3) is 0.538. The molecule has 2 rings (SSSR count). The predicted octanol–water partition coefficient (Wildman–Crippen LogP) is 1.26. The first-order chi connectivity index (χ1) is 8.12. The molecule has 0 aromatic carbocycles. The molecular weight excluding hydrogens is 214 g/mol. The van der Waals surface area contributed by atoms with Gasteiger partial charge in [-0.3, -0.25) is 9.78 Å². The van der Waals surface area contributed by atoms with E-state index >= 15 is 0 Å². The lowest BCUT2D eigenvalue weighted by Gasteiger charge is -2.24. The van der Waals surface area contributed by atoms with E-state index in [1.807, 2.05) is 26.0 Å². The zero-order valence-electron chi connectivity index (χ0n) is 10.4. The third-order valence-corrected chi connectivity index (χ3v) is 3.45. The molecule has 17 heavy (non-hydrogen) atoms. The molecule has 1 aromatic rings. The van der Waals surface area contributed by atoms with E-state index in [1.54, 1.807) is 12.4 Å². The van der Waals surface area contributed by atoms with Crippen LogP contribution in [0.25, 0.3) is 0 Å². The highest BCUT2D eigenvalue weighted by Gasteiger charge is 2.36. The van der Waals surface area contributed by atoms with Crippen LogP contribution in [0.3, 0.4) is 0 Å². The van der Waals surface area contributed by atoms with Crippen LogP contribution in [0.2, 0.25) is 0 Å². The summed E-state index contributed by atoms with van der Waals surface area (Å²) in [7, 11) is 0. The molecule has 0 saturated carbocycles. The van der Waals surface area contributed by atoms with Gasteiger partial charge in [0.2, 0.25) is 5.91 Å². The van der Waals surface area contributed by atoms with E-state index in [0.717, 1.165) is 25.1 Å². The first kappa shape index (κ1) is 12.0. The van der Waals surface area contributed by atoms with Gasteiger partial charge in [0, 0.05) is 18.9 Å². The lowest BCUT2D eigenvalue weighted by atomic mass is 9.88. The van der Waals surface area contributed by atoms with Crippen molar-refractivity contribution in [2.45, 2.75) is 26.3 Å². The Kier molecular flexibility index (Phi) is 3.43. The van der Waals surface area contributed by atoms with Crippen LogP contribution >= 0.6 is 0 Å². The molecule has 1 aromatic heterocycles. The Hall–Kier alpha value is -1.42. The van der Waals surface area contributed by atoms with Crippen molar-refractivity contribution in [3.63, 3.8) is 0 Å². The predicted molar refractivity (Wildman–Crippen MR) is 66.4 cm³/mol. The van der Waals surface area contributed by atoms with Gasteiger partial charge in [-0.1, -0.05) is 6.07 Å². The smallest absolute Gasteiger partial charge is 0.227 e. The molecule has 0 aliphatic carbocycles. The normalized spacial score (nSPS) is 25.5. The van der Waals surface area contributed by atoms with E-state index in [4.69, 9.17) is 0 Å². The number of carbonyl (C=O) groups is 1. The van der Waals surface area contributed by atoms with Crippen LogP contribution in [-0.4, -0.2) is 24.0 Å². The Morgan fingerprint density at radius 2 is 2.47 bits per heavy atom. The molecule has 1 aliphatic rings. The molecule has 2 atom stereocenters. The first-order valence-electron chi connectivity index (χ1n) is 6.03. The monoisotopic (exact) mass is 233 g/mol. The average Bonchev–Trinajstić information content (AvgIpc) is 2.78. The Balaban J connectivity index is 1.99. The average molecular weight is 233 g/mol. The van der Waals surface area contributed by atoms with Gasteiger partial charge in [0.05, 0.1) is 11.5 Å². The summed E-state index contributed by atoms with van der Waals surface area (Å²) in [5.41, 5.74) is 0.770. The summed E-state index contributed by atoms with van der Waals surface area (Å²) in [6.07, 6.45) is 4.43. The van der Waals surface area contributed by atoms with Gasteiger partial charge in [-0.15, -0.1) is 0 Å². The fourth-order valence-corrected chi connectivity index (χ4v) is 2.10. The standard InChI is InChI=1S/C13H19N3O/c1-10(11-4-3-6-14-8-11)16-12(17)13(2)5-7-15-9-13/h3-4,6,8,10,15H,5,7,9H2,1-2H3,(H,16,17). The Bertz CT molecular complexity index is 385. The quantitative estimate of drug-likeness (QED) is 0.826. The minimum absolute atomic E-state index is 0.00799. The molecule has 1 fully saturated rings. The number of aromatic nitrogens is 1. The Morgan fingerprint density at radius 3 is 3.06 bits per heavy atom. The largest absolute Gasteiger partial charge is 0.349 e. The van der Waals surface area contributed by atoms with Crippen LogP contribution in [0, 0.1) is 5.41 Å². The van der Waals surface area contributed by atoms with Crippen LogP contribution < -0.4 is 10.6 Å². The third-order valence-electron chi connectivity index (χ3n) is 3.45. The van der Waals surface area contributed by atoms with E-state index in [-0.39, 0.29) is 17.4 Å². The van der Waals surface area contributed by atoms with E-state index in [1.165, 1.54) is 0 Å². The number of carbonyl (C=O) groups excluding carboxylic acids is 1. The third kappa shape index (κ3) is 2.64. The van der Waals surface area contributed by atoms with Gasteiger partial charge in [0.25, 0.3) is 0 Å². The van der Waals surface area contributed by atoms with Crippen molar-refractivity contribution < 1.29 is 4.79 Å². The van der Waals surface area contributed by atoms with E-state index in [9.17, 15) is 4.79 Å². The summed E-state index contributed by atoms with van der Waals surface area (Å²) in [5, 5.41) is 6.29. The van der Waals surface area contributed by atoms with Crippen molar-refractivity contribution in [1.29, 1.82) is 0 Å². The molecule has 1 amide bonds. The number of hydrogen-bond acceptors (Lipinski definition) is 3. The van der Waals surface area contributed by atoms with E-state index in [0.29, 0.717) is 0 Å². The summed E-state index contributed by atoms with van der Waals surface area (Å²) in [5.74, 6) is 0.124. The second kappa shape index (κ2) is 4.84. The molecule has 0 bridgehead atoms. The lowest BCUT2D eigenvalue weighted by molar-refractivity contribution is -0.129. The maximum Gasteiger partial charge on any atom is 0.227 e. The molecule has 1 saturated heterocycles. The summed E-state index contributed by atoms with van der Waals surface area (Å²) in [6.45, 7) is 5.68. The topological polar surface area (TPSA) is 54.0 Å². The molecule has 4 heteroatoms. The van der Waals surface area contributed by atoms with Crippen LogP contribution in [0.5, 0.6) is 0 Å². The van der Waals surface area contributed by atoms with Gasteiger partial charge in [0.15, 0.2) is 0 Å². The molecule has 0 spiro atoms. The molecule has 2 N–H and O–H groups in total. The van der Waals surface area contributed by atoms with Crippen molar-refractivity contribution in [3.8, 4) is 0 Å². The highest BCUT2D eigenvalue weighted by Crippen LogP contribution is 2.25. The highest BCUT2D eigenvalue weighted by molar-refractivity contribution is 5.83. The van der Waals surface area contributed by atoms with Gasteiger partial charge in [-0.25, -0.2) is 0 Å². The van der Waals surface area contributed by atoms with Crippen molar-refractivity contribution in [2.24, 2.45) is 5.41 Å². The van der Waals surface area contributed by atoms with E-state index < -0.39 is 0 Å². The number of nitrogens with zero attached hydrogens (tertiary/aromatic N) is 1. The van der Waals surface area contributed by atoms with Gasteiger partial charge in [-0.05, 0) is 38.4 Å². The van der Waals surface area contributed by atoms with Gasteiger partial charge in [-0.2, -0.15) is 0 Å². The van der Waals surface area contributed by atoms with Crippen molar-refractivity contribution >= 4 is 5.91 Å². The summed E-state index contributed by atoms with van der Waals surface area (Å²) < 4.78 is 0. The van der Waals surface area contributed by atoms with E-state index in [2.05, 4.69) is 15.6 Å². The molecule has 1 aliphatic heterocycles. The molecular formula is C13H19N3O. The zero-order valence-corrected chi connectivity index (χ0v) is 10.4. The minimum atomic E-state index is -0.267. The molecule has 0 radical (unpaired) electrons. The van der Waals surface area contributed by atoms with Crippen LogP contribution in [0.4, 0.5) is 0 Å². The summed E-state index contributed by atoms with van der Waals surface area (Å²) in [6, 6.07) is 3.87. The van der Waals surface area contributed by atoms with Crippen LogP contribution in [0.1, 0.15) is 31.9 Å². The maximum absolute atomic E-state index is 12.2.